The molecule has 0 saturated heterocycles. The van der Waals surface area contributed by atoms with Crippen molar-refractivity contribution in [3.05, 3.63) is 0 Å². The molecule has 0 bridgehead atoms. The van der Waals surface area contributed by atoms with Gasteiger partial charge in [0.15, 0.2) is 0 Å². The minimum absolute atomic E-state index is 0.0593. The number of aliphatic hydroxyl groups excluding tert-OH is 2. The van der Waals surface area contributed by atoms with E-state index in [1.54, 1.807) is 6.92 Å². The highest BCUT2D eigenvalue weighted by atomic mass is 16.4. The maximum atomic E-state index is 11.1. The Morgan fingerprint density at radius 1 is 1.12 bits per heavy atom. The SMILES string of the molecule is CC1(C)CCC[C@]2(C)[C@@H](CC[C@](C)(O)C(O)CO)[C@](C)(O)CC[C@@H]12. The van der Waals surface area contributed by atoms with Crippen molar-refractivity contribution in [2.24, 2.45) is 22.7 Å². The monoisotopic (exact) mass is 342 g/mol. The summed E-state index contributed by atoms with van der Waals surface area (Å²) >= 11 is 0. The first kappa shape index (κ1) is 20.2. The van der Waals surface area contributed by atoms with Gasteiger partial charge in [-0.25, -0.2) is 0 Å². The molecule has 0 aromatic rings. The summed E-state index contributed by atoms with van der Waals surface area (Å²) in [5.41, 5.74) is -1.71. The zero-order valence-corrected chi connectivity index (χ0v) is 16.2. The molecular weight excluding hydrogens is 304 g/mol. The van der Waals surface area contributed by atoms with Crippen LogP contribution in [0.4, 0.5) is 0 Å². The van der Waals surface area contributed by atoms with Crippen molar-refractivity contribution in [2.45, 2.75) is 96.9 Å². The lowest BCUT2D eigenvalue weighted by Gasteiger charge is -2.61. The number of hydrogen-bond acceptors (Lipinski definition) is 4. The minimum atomic E-state index is -1.32. The van der Waals surface area contributed by atoms with Crippen LogP contribution in [0.25, 0.3) is 0 Å². The smallest absolute Gasteiger partial charge is 0.105 e. The Balaban J connectivity index is 2.24. The van der Waals surface area contributed by atoms with Crippen molar-refractivity contribution in [3.8, 4) is 0 Å². The van der Waals surface area contributed by atoms with Gasteiger partial charge in [-0.05, 0) is 75.0 Å². The van der Waals surface area contributed by atoms with Crippen molar-refractivity contribution in [3.63, 3.8) is 0 Å². The molecule has 2 aliphatic carbocycles. The highest BCUT2D eigenvalue weighted by Crippen LogP contribution is 2.63. The van der Waals surface area contributed by atoms with Crippen LogP contribution in [0.1, 0.15) is 79.6 Å². The van der Waals surface area contributed by atoms with Crippen LogP contribution >= 0.6 is 0 Å². The molecule has 0 spiro atoms. The van der Waals surface area contributed by atoms with Gasteiger partial charge in [0.2, 0.25) is 0 Å². The molecule has 1 unspecified atom stereocenters. The summed E-state index contributed by atoms with van der Waals surface area (Å²) < 4.78 is 0. The molecule has 142 valence electrons. The van der Waals surface area contributed by atoms with Crippen molar-refractivity contribution in [1.29, 1.82) is 0 Å². The summed E-state index contributed by atoms with van der Waals surface area (Å²) in [6.07, 6.45) is 5.31. The normalized spacial score (nSPS) is 42.9. The maximum Gasteiger partial charge on any atom is 0.105 e. The fourth-order valence-corrected chi connectivity index (χ4v) is 6.07. The average molecular weight is 343 g/mol. The van der Waals surface area contributed by atoms with Crippen LogP contribution in [0.5, 0.6) is 0 Å². The van der Waals surface area contributed by atoms with Gasteiger partial charge in [0, 0.05) is 0 Å². The zero-order chi connectivity index (χ0) is 18.4. The van der Waals surface area contributed by atoms with E-state index in [0.29, 0.717) is 18.8 Å². The van der Waals surface area contributed by atoms with E-state index in [1.807, 2.05) is 6.92 Å². The molecule has 0 amide bonds. The van der Waals surface area contributed by atoms with Crippen molar-refractivity contribution in [1.82, 2.24) is 0 Å². The van der Waals surface area contributed by atoms with E-state index < -0.39 is 23.9 Å². The Hall–Kier alpha value is -0.160. The molecule has 0 radical (unpaired) electrons. The molecule has 2 fully saturated rings. The highest BCUT2D eigenvalue weighted by molar-refractivity contribution is 5.07. The van der Waals surface area contributed by atoms with Crippen LogP contribution < -0.4 is 0 Å². The van der Waals surface area contributed by atoms with Gasteiger partial charge in [0.25, 0.3) is 0 Å². The van der Waals surface area contributed by atoms with Gasteiger partial charge < -0.3 is 20.4 Å². The molecule has 2 saturated carbocycles. The van der Waals surface area contributed by atoms with E-state index in [1.165, 1.54) is 12.8 Å². The molecular formula is C20H38O4. The van der Waals surface area contributed by atoms with E-state index in [-0.39, 0.29) is 16.7 Å². The summed E-state index contributed by atoms with van der Waals surface area (Å²) in [5.74, 6) is 0.678. The van der Waals surface area contributed by atoms with E-state index >= 15 is 0 Å². The Bertz CT molecular complexity index is 443. The fraction of sp³-hybridized carbons (Fsp3) is 1.00. The van der Waals surface area contributed by atoms with Gasteiger partial charge in [0.1, 0.15) is 6.10 Å². The van der Waals surface area contributed by atoms with Gasteiger partial charge in [-0.1, -0.05) is 27.2 Å². The van der Waals surface area contributed by atoms with Crippen molar-refractivity contribution in [2.75, 3.05) is 6.61 Å². The number of rotatable bonds is 5. The fourth-order valence-electron chi connectivity index (χ4n) is 6.07. The molecule has 0 aliphatic heterocycles. The highest BCUT2D eigenvalue weighted by Gasteiger charge is 2.57. The molecule has 4 heteroatoms. The molecule has 2 rings (SSSR count). The summed E-state index contributed by atoms with van der Waals surface area (Å²) in [5, 5.41) is 40.6. The third-order valence-electron chi connectivity index (χ3n) is 7.59. The van der Waals surface area contributed by atoms with Gasteiger partial charge in [-0.3, -0.25) is 0 Å². The van der Waals surface area contributed by atoms with Gasteiger partial charge in [0.05, 0.1) is 17.8 Å². The number of aliphatic hydroxyl groups is 4. The number of hydrogen-bond donors (Lipinski definition) is 4. The van der Waals surface area contributed by atoms with Crippen molar-refractivity contribution < 1.29 is 20.4 Å². The van der Waals surface area contributed by atoms with E-state index in [9.17, 15) is 15.3 Å². The average Bonchev–Trinajstić information content (AvgIpc) is 2.43. The lowest BCUT2D eigenvalue weighted by Crippen LogP contribution is -2.58. The van der Waals surface area contributed by atoms with Crippen LogP contribution in [0.2, 0.25) is 0 Å². The van der Waals surface area contributed by atoms with Crippen LogP contribution in [-0.4, -0.2) is 44.3 Å². The Kier molecular flexibility index (Phi) is 5.49. The first-order valence-corrected chi connectivity index (χ1v) is 9.60. The van der Waals surface area contributed by atoms with E-state index in [4.69, 9.17) is 5.11 Å². The predicted octanol–water partition coefficient (Wildman–Crippen LogP) is 2.86. The predicted molar refractivity (Wildman–Crippen MR) is 95.5 cm³/mol. The molecule has 0 aromatic heterocycles. The third-order valence-corrected chi connectivity index (χ3v) is 7.59. The molecule has 0 aromatic carbocycles. The Labute approximate surface area is 147 Å². The molecule has 24 heavy (non-hydrogen) atoms. The molecule has 2 aliphatic rings. The van der Waals surface area contributed by atoms with Crippen LogP contribution in [0.3, 0.4) is 0 Å². The molecule has 4 N–H and O–H groups in total. The third kappa shape index (κ3) is 3.53. The van der Waals surface area contributed by atoms with Crippen LogP contribution in [0, 0.1) is 22.7 Å². The minimum Gasteiger partial charge on any atom is -0.394 e. The summed E-state index contributed by atoms with van der Waals surface area (Å²) in [6.45, 7) is 10.1. The summed E-state index contributed by atoms with van der Waals surface area (Å²) in [6, 6.07) is 0. The first-order valence-electron chi connectivity index (χ1n) is 9.60. The van der Waals surface area contributed by atoms with Crippen LogP contribution in [0.15, 0.2) is 0 Å². The molecule has 0 heterocycles. The lowest BCUT2D eigenvalue weighted by atomic mass is 9.45. The zero-order valence-electron chi connectivity index (χ0n) is 16.2. The largest absolute Gasteiger partial charge is 0.394 e. The quantitative estimate of drug-likeness (QED) is 0.619. The standard InChI is InChI=1S/C20H38O4/c1-17(2)9-6-10-18(3)14(17)7-11-19(4,23)15(18)8-12-20(5,24)16(22)13-21/h14-16,21-24H,6-13H2,1-5H3/t14-,15+,16?,18-,19+,20-/m0/s1. The summed E-state index contributed by atoms with van der Waals surface area (Å²) in [7, 11) is 0. The second kappa shape index (κ2) is 6.53. The Morgan fingerprint density at radius 3 is 2.33 bits per heavy atom. The number of fused-ring (bicyclic) bond motifs is 1. The summed E-state index contributed by atoms with van der Waals surface area (Å²) in [4.78, 5) is 0. The van der Waals surface area contributed by atoms with E-state index in [2.05, 4.69) is 20.8 Å². The lowest BCUT2D eigenvalue weighted by molar-refractivity contribution is -0.176. The molecule has 4 nitrogen and oxygen atoms in total. The second-order valence-electron chi connectivity index (χ2n) is 9.94. The van der Waals surface area contributed by atoms with Gasteiger partial charge in [-0.2, -0.15) is 0 Å². The van der Waals surface area contributed by atoms with Crippen LogP contribution in [-0.2, 0) is 0 Å². The second-order valence-corrected chi connectivity index (χ2v) is 9.94. The topological polar surface area (TPSA) is 80.9 Å². The van der Waals surface area contributed by atoms with Crippen molar-refractivity contribution >= 4 is 0 Å². The van der Waals surface area contributed by atoms with Gasteiger partial charge in [-0.15, -0.1) is 0 Å². The first-order chi connectivity index (χ1) is 10.9. The van der Waals surface area contributed by atoms with E-state index in [0.717, 1.165) is 19.3 Å². The maximum absolute atomic E-state index is 11.1. The van der Waals surface area contributed by atoms with Gasteiger partial charge >= 0.3 is 0 Å². The molecule has 6 atom stereocenters. The Morgan fingerprint density at radius 2 is 1.75 bits per heavy atom.